The van der Waals surface area contributed by atoms with Gasteiger partial charge in [-0.25, -0.2) is 0 Å². The van der Waals surface area contributed by atoms with Gasteiger partial charge in [0.25, 0.3) is 0 Å². The Morgan fingerprint density at radius 3 is 2.25 bits per heavy atom. The van der Waals surface area contributed by atoms with E-state index in [2.05, 4.69) is 0 Å². The quantitative estimate of drug-likeness (QED) is 0.618. The average molecular weight is 167 g/mol. The van der Waals surface area contributed by atoms with Gasteiger partial charge in [-0.1, -0.05) is 6.92 Å². The molecule has 1 rings (SSSR count). The van der Waals surface area contributed by atoms with Gasteiger partial charge < -0.3 is 15.9 Å². The highest BCUT2D eigenvalue weighted by Gasteiger charge is 2.05. The molecule has 0 aliphatic rings. The highest BCUT2D eigenvalue weighted by Crippen LogP contribution is 2.27. The van der Waals surface area contributed by atoms with Crippen molar-refractivity contribution in [1.82, 2.24) is 0 Å². The first-order chi connectivity index (χ1) is 5.69. The standard InChI is InChI=1S/C9H13NO2/c1-2-6-3-7(5-10)9(12)4-8(6)11/h3-4,11-12H,2,5,10H2,1H3. The minimum Gasteiger partial charge on any atom is -0.508 e. The van der Waals surface area contributed by atoms with Crippen molar-refractivity contribution in [2.75, 3.05) is 0 Å². The van der Waals surface area contributed by atoms with Crippen molar-refractivity contribution in [3.63, 3.8) is 0 Å². The second-order valence-corrected chi connectivity index (χ2v) is 2.67. The Labute approximate surface area is 71.5 Å². The summed E-state index contributed by atoms with van der Waals surface area (Å²) in [7, 11) is 0. The molecule has 0 radical (unpaired) electrons. The molecule has 0 aliphatic carbocycles. The van der Waals surface area contributed by atoms with Crippen LogP contribution >= 0.6 is 0 Å². The highest BCUT2D eigenvalue weighted by atomic mass is 16.3. The zero-order valence-electron chi connectivity index (χ0n) is 7.04. The maximum absolute atomic E-state index is 9.31. The lowest BCUT2D eigenvalue weighted by molar-refractivity contribution is 0.442. The summed E-state index contributed by atoms with van der Waals surface area (Å²) in [5.74, 6) is 0.194. The number of phenolic OH excluding ortho intramolecular Hbond substituents is 2. The lowest BCUT2D eigenvalue weighted by Crippen LogP contribution is -1.97. The van der Waals surface area contributed by atoms with Crippen LogP contribution in [-0.2, 0) is 13.0 Å². The molecular formula is C9H13NO2. The number of hydrogen-bond donors (Lipinski definition) is 3. The number of rotatable bonds is 2. The monoisotopic (exact) mass is 167 g/mol. The maximum atomic E-state index is 9.31. The lowest BCUT2D eigenvalue weighted by Gasteiger charge is -2.06. The second-order valence-electron chi connectivity index (χ2n) is 2.67. The molecule has 0 aliphatic heterocycles. The van der Waals surface area contributed by atoms with Crippen molar-refractivity contribution in [2.24, 2.45) is 5.73 Å². The van der Waals surface area contributed by atoms with E-state index in [-0.39, 0.29) is 11.5 Å². The van der Waals surface area contributed by atoms with Gasteiger partial charge >= 0.3 is 0 Å². The molecule has 0 fully saturated rings. The van der Waals surface area contributed by atoms with E-state index in [1.54, 1.807) is 6.07 Å². The van der Waals surface area contributed by atoms with Crippen LogP contribution in [0.5, 0.6) is 11.5 Å². The fourth-order valence-corrected chi connectivity index (χ4v) is 1.12. The van der Waals surface area contributed by atoms with Crippen molar-refractivity contribution in [1.29, 1.82) is 0 Å². The van der Waals surface area contributed by atoms with E-state index in [0.29, 0.717) is 12.1 Å². The van der Waals surface area contributed by atoms with Gasteiger partial charge in [-0.2, -0.15) is 0 Å². The van der Waals surface area contributed by atoms with Crippen LogP contribution in [0, 0.1) is 0 Å². The van der Waals surface area contributed by atoms with Gasteiger partial charge in [0.1, 0.15) is 11.5 Å². The van der Waals surface area contributed by atoms with Gasteiger partial charge in [-0.3, -0.25) is 0 Å². The summed E-state index contributed by atoms with van der Waals surface area (Å²) >= 11 is 0. The zero-order valence-corrected chi connectivity index (χ0v) is 7.04. The Bertz CT molecular complexity index is 259. The Morgan fingerprint density at radius 2 is 1.75 bits per heavy atom. The highest BCUT2D eigenvalue weighted by molar-refractivity contribution is 5.44. The number of aryl methyl sites for hydroxylation is 1. The Hall–Kier alpha value is -1.22. The fourth-order valence-electron chi connectivity index (χ4n) is 1.12. The van der Waals surface area contributed by atoms with Gasteiger partial charge in [0.05, 0.1) is 0 Å². The van der Waals surface area contributed by atoms with E-state index in [1.165, 1.54) is 6.07 Å². The third kappa shape index (κ3) is 1.51. The van der Waals surface area contributed by atoms with Gasteiger partial charge in [0.2, 0.25) is 0 Å². The SMILES string of the molecule is CCc1cc(CN)c(O)cc1O. The predicted octanol–water partition coefficient (Wildman–Crippen LogP) is 1.12. The fraction of sp³-hybridized carbons (Fsp3) is 0.333. The summed E-state index contributed by atoms with van der Waals surface area (Å²) < 4.78 is 0. The van der Waals surface area contributed by atoms with E-state index in [9.17, 15) is 10.2 Å². The third-order valence-corrected chi connectivity index (χ3v) is 1.88. The van der Waals surface area contributed by atoms with Crippen molar-refractivity contribution < 1.29 is 10.2 Å². The molecule has 0 saturated heterocycles. The number of aromatic hydroxyl groups is 2. The maximum Gasteiger partial charge on any atom is 0.123 e. The molecule has 1 aromatic rings. The molecule has 0 bridgehead atoms. The van der Waals surface area contributed by atoms with Crippen LogP contribution in [0.1, 0.15) is 18.1 Å². The summed E-state index contributed by atoms with van der Waals surface area (Å²) in [5, 5.41) is 18.6. The molecule has 12 heavy (non-hydrogen) atoms. The summed E-state index contributed by atoms with van der Waals surface area (Å²) in [6.45, 7) is 2.23. The van der Waals surface area contributed by atoms with E-state index < -0.39 is 0 Å². The van der Waals surface area contributed by atoms with Crippen LogP contribution in [0.4, 0.5) is 0 Å². The number of benzene rings is 1. The van der Waals surface area contributed by atoms with Crippen molar-refractivity contribution in [2.45, 2.75) is 19.9 Å². The molecule has 0 unspecified atom stereocenters. The molecule has 0 amide bonds. The first-order valence-corrected chi connectivity index (χ1v) is 3.92. The van der Waals surface area contributed by atoms with E-state index in [1.807, 2.05) is 6.92 Å². The van der Waals surface area contributed by atoms with E-state index in [0.717, 1.165) is 12.0 Å². The van der Waals surface area contributed by atoms with E-state index in [4.69, 9.17) is 5.73 Å². The molecule has 1 aromatic carbocycles. The van der Waals surface area contributed by atoms with Crippen LogP contribution < -0.4 is 5.73 Å². The van der Waals surface area contributed by atoms with Gasteiger partial charge in [0.15, 0.2) is 0 Å². The van der Waals surface area contributed by atoms with E-state index >= 15 is 0 Å². The third-order valence-electron chi connectivity index (χ3n) is 1.88. The van der Waals surface area contributed by atoms with Gasteiger partial charge in [0, 0.05) is 18.2 Å². The molecular weight excluding hydrogens is 154 g/mol. The number of hydrogen-bond acceptors (Lipinski definition) is 3. The van der Waals surface area contributed by atoms with Crippen LogP contribution in [0.15, 0.2) is 12.1 Å². The van der Waals surface area contributed by atoms with Crippen LogP contribution in [-0.4, -0.2) is 10.2 Å². The summed E-state index contributed by atoms with van der Waals surface area (Å²) in [4.78, 5) is 0. The van der Waals surface area contributed by atoms with Gasteiger partial charge in [-0.15, -0.1) is 0 Å². The molecule has 0 saturated carbocycles. The van der Waals surface area contributed by atoms with Crippen LogP contribution in [0.2, 0.25) is 0 Å². The number of phenols is 2. The summed E-state index contributed by atoms with van der Waals surface area (Å²) in [6, 6.07) is 3.06. The van der Waals surface area contributed by atoms with Gasteiger partial charge in [-0.05, 0) is 18.1 Å². The first kappa shape index (κ1) is 8.87. The largest absolute Gasteiger partial charge is 0.508 e. The average Bonchev–Trinajstić information content (AvgIpc) is 2.05. The Morgan fingerprint density at radius 1 is 1.17 bits per heavy atom. The van der Waals surface area contributed by atoms with Crippen molar-refractivity contribution in [3.8, 4) is 11.5 Å². The minimum atomic E-state index is 0.0622. The van der Waals surface area contributed by atoms with Crippen LogP contribution in [0.3, 0.4) is 0 Å². The Balaban J connectivity index is 3.18. The zero-order chi connectivity index (χ0) is 9.14. The molecule has 0 aromatic heterocycles. The first-order valence-electron chi connectivity index (χ1n) is 3.92. The molecule has 0 heterocycles. The normalized spacial score (nSPS) is 10.2. The number of nitrogens with two attached hydrogens (primary N) is 1. The molecule has 3 nitrogen and oxygen atoms in total. The predicted molar refractivity (Wildman–Crippen MR) is 47.0 cm³/mol. The molecule has 3 heteroatoms. The van der Waals surface area contributed by atoms with Crippen molar-refractivity contribution >= 4 is 0 Å². The second kappa shape index (κ2) is 3.45. The smallest absolute Gasteiger partial charge is 0.123 e. The molecule has 0 spiro atoms. The molecule has 4 N–H and O–H groups in total. The summed E-state index contributed by atoms with van der Waals surface area (Å²) in [6.07, 6.45) is 0.735. The molecule has 66 valence electrons. The Kier molecular flexibility index (Phi) is 2.55. The minimum absolute atomic E-state index is 0.0622. The topological polar surface area (TPSA) is 66.5 Å². The van der Waals surface area contributed by atoms with Crippen molar-refractivity contribution in [3.05, 3.63) is 23.3 Å². The summed E-state index contributed by atoms with van der Waals surface area (Å²) in [5.41, 5.74) is 6.87. The van der Waals surface area contributed by atoms with Crippen LogP contribution in [0.25, 0.3) is 0 Å². The lowest BCUT2D eigenvalue weighted by atomic mass is 10.1. The molecule has 0 atom stereocenters.